The van der Waals surface area contributed by atoms with E-state index in [0.29, 0.717) is 15.7 Å². The maximum atomic E-state index is 12.3. The lowest BCUT2D eigenvalue weighted by molar-refractivity contribution is -0.131. The number of rotatable bonds is 5. The van der Waals surface area contributed by atoms with E-state index >= 15 is 0 Å². The number of hydrogen-bond donors (Lipinski definition) is 2. The van der Waals surface area contributed by atoms with Crippen LogP contribution in [-0.4, -0.2) is 34.5 Å². The number of carbonyl (C=O) groups is 2. The zero-order chi connectivity index (χ0) is 14.5. The Labute approximate surface area is 126 Å². The van der Waals surface area contributed by atoms with Crippen molar-refractivity contribution in [1.82, 2.24) is 5.32 Å². The van der Waals surface area contributed by atoms with E-state index in [9.17, 15) is 9.59 Å². The molecule has 1 heterocycles. The molecule has 1 amide bonds. The largest absolute Gasteiger partial charge is 0.478 e. The van der Waals surface area contributed by atoms with Gasteiger partial charge in [-0.1, -0.05) is 6.42 Å². The fourth-order valence-electron chi connectivity index (χ4n) is 2.40. The van der Waals surface area contributed by atoms with E-state index in [2.05, 4.69) is 11.6 Å². The van der Waals surface area contributed by atoms with Crippen LogP contribution < -0.4 is 5.32 Å². The molecule has 1 aromatic heterocycles. The zero-order valence-corrected chi connectivity index (χ0v) is 12.8. The Morgan fingerprint density at radius 1 is 1.50 bits per heavy atom. The third-order valence-corrected chi connectivity index (χ3v) is 5.48. The van der Waals surface area contributed by atoms with Crippen molar-refractivity contribution >= 4 is 41.1 Å². The van der Waals surface area contributed by atoms with Gasteiger partial charge in [-0.05, 0) is 42.2 Å². The van der Waals surface area contributed by atoms with Gasteiger partial charge in [-0.3, -0.25) is 4.79 Å². The molecule has 0 bridgehead atoms. The smallest absolute Gasteiger partial charge is 0.328 e. The lowest BCUT2D eigenvalue weighted by Gasteiger charge is -2.18. The van der Waals surface area contributed by atoms with Gasteiger partial charge >= 0.3 is 5.97 Å². The molecular weight excluding hydrogens is 294 g/mol. The molecule has 108 valence electrons. The van der Waals surface area contributed by atoms with Gasteiger partial charge in [-0.15, -0.1) is 11.3 Å². The van der Waals surface area contributed by atoms with Crippen LogP contribution in [0, 0.1) is 0 Å². The van der Waals surface area contributed by atoms with E-state index in [0.717, 1.165) is 25.3 Å². The number of thioether (sulfide) groups is 1. The average Bonchev–Trinajstić information content (AvgIpc) is 3.04. The molecule has 0 aliphatic heterocycles. The van der Waals surface area contributed by atoms with Crippen LogP contribution in [0.1, 0.15) is 34.5 Å². The second-order valence-corrected chi connectivity index (χ2v) is 6.65. The standard InChI is InChI=1S/C14H17NO3S2/c1-19-11-4-2-3-10(11)15-14(18)13-9(7-8-20-13)5-6-12(16)17/h5-8,10-11H,2-4H2,1H3,(H,15,18)(H,16,17)/b6-5+. The Morgan fingerprint density at radius 2 is 2.30 bits per heavy atom. The van der Waals surface area contributed by atoms with Crippen molar-refractivity contribution in [3.05, 3.63) is 28.0 Å². The molecule has 1 saturated carbocycles. The molecule has 2 N–H and O–H groups in total. The fourth-order valence-corrected chi connectivity index (χ4v) is 4.13. The van der Waals surface area contributed by atoms with Crippen molar-refractivity contribution in [2.24, 2.45) is 0 Å². The molecule has 20 heavy (non-hydrogen) atoms. The van der Waals surface area contributed by atoms with Gasteiger partial charge in [0.25, 0.3) is 5.91 Å². The molecule has 0 spiro atoms. The summed E-state index contributed by atoms with van der Waals surface area (Å²) in [6.07, 6.45) is 7.90. The highest BCUT2D eigenvalue weighted by Crippen LogP contribution is 2.29. The second kappa shape index (κ2) is 6.95. The number of thiophene rings is 1. The summed E-state index contributed by atoms with van der Waals surface area (Å²) in [4.78, 5) is 23.4. The minimum absolute atomic E-state index is 0.101. The fraction of sp³-hybridized carbons (Fsp3) is 0.429. The summed E-state index contributed by atoms with van der Waals surface area (Å²) >= 11 is 3.13. The topological polar surface area (TPSA) is 66.4 Å². The SMILES string of the molecule is CSC1CCCC1NC(=O)c1sccc1/C=C/C(=O)O. The van der Waals surface area contributed by atoms with E-state index < -0.39 is 5.97 Å². The Balaban J connectivity index is 2.06. The van der Waals surface area contributed by atoms with Crippen LogP contribution in [0.3, 0.4) is 0 Å². The molecule has 0 radical (unpaired) electrons. The van der Waals surface area contributed by atoms with Gasteiger partial charge in [-0.25, -0.2) is 4.79 Å². The van der Waals surface area contributed by atoms with E-state index in [4.69, 9.17) is 5.11 Å². The van der Waals surface area contributed by atoms with E-state index in [1.165, 1.54) is 17.4 Å². The zero-order valence-electron chi connectivity index (χ0n) is 11.2. The monoisotopic (exact) mass is 311 g/mol. The summed E-state index contributed by atoms with van der Waals surface area (Å²) < 4.78 is 0. The first-order valence-electron chi connectivity index (χ1n) is 6.44. The maximum absolute atomic E-state index is 12.3. The summed E-state index contributed by atoms with van der Waals surface area (Å²) in [7, 11) is 0. The molecule has 2 unspecified atom stereocenters. The highest BCUT2D eigenvalue weighted by Gasteiger charge is 2.28. The van der Waals surface area contributed by atoms with Crippen LogP contribution in [0.2, 0.25) is 0 Å². The van der Waals surface area contributed by atoms with Crippen molar-refractivity contribution in [3.63, 3.8) is 0 Å². The molecule has 4 nitrogen and oxygen atoms in total. The Hall–Kier alpha value is -1.27. The first-order chi connectivity index (χ1) is 9.61. The van der Waals surface area contributed by atoms with Crippen LogP contribution in [0.15, 0.2) is 17.5 Å². The maximum Gasteiger partial charge on any atom is 0.328 e. The number of nitrogens with one attached hydrogen (secondary N) is 1. The minimum atomic E-state index is -1.01. The van der Waals surface area contributed by atoms with Gasteiger partial charge in [-0.2, -0.15) is 11.8 Å². The van der Waals surface area contributed by atoms with Crippen LogP contribution in [0.5, 0.6) is 0 Å². The van der Waals surface area contributed by atoms with Gasteiger partial charge in [0.15, 0.2) is 0 Å². The first kappa shape index (κ1) is 15.1. The lowest BCUT2D eigenvalue weighted by Crippen LogP contribution is -2.38. The normalized spacial score (nSPS) is 22.2. The number of amides is 1. The number of carboxylic acid groups (broad SMARTS) is 1. The van der Waals surface area contributed by atoms with E-state index in [-0.39, 0.29) is 11.9 Å². The summed E-state index contributed by atoms with van der Waals surface area (Å²) in [5.74, 6) is -1.11. The highest BCUT2D eigenvalue weighted by atomic mass is 32.2. The molecule has 0 saturated heterocycles. The molecule has 1 aromatic rings. The van der Waals surface area contributed by atoms with Crippen LogP contribution >= 0.6 is 23.1 Å². The number of carbonyl (C=O) groups excluding carboxylic acids is 1. The van der Waals surface area contributed by atoms with Crippen molar-refractivity contribution in [2.45, 2.75) is 30.6 Å². The minimum Gasteiger partial charge on any atom is -0.478 e. The molecule has 1 aliphatic rings. The summed E-state index contributed by atoms with van der Waals surface area (Å²) in [5.41, 5.74) is 0.661. The Bertz CT molecular complexity index is 524. The van der Waals surface area contributed by atoms with Crippen molar-refractivity contribution in [2.75, 3.05) is 6.26 Å². The van der Waals surface area contributed by atoms with Gasteiger partial charge in [0.05, 0.1) is 4.88 Å². The lowest BCUT2D eigenvalue weighted by atomic mass is 10.2. The van der Waals surface area contributed by atoms with E-state index in [1.807, 2.05) is 0 Å². The van der Waals surface area contributed by atoms with Gasteiger partial charge in [0.2, 0.25) is 0 Å². The molecule has 1 fully saturated rings. The summed E-state index contributed by atoms with van der Waals surface area (Å²) in [6, 6.07) is 1.98. The molecular formula is C14H17NO3S2. The van der Waals surface area contributed by atoms with Gasteiger partial charge in [0, 0.05) is 17.4 Å². The first-order valence-corrected chi connectivity index (χ1v) is 8.60. The predicted molar refractivity (Wildman–Crippen MR) is 83.4 cm³/mol. The summed E-state index contributed by atoms with van der Waals surface area (Å²) in [5, 5.41) is 14.0. The highest BCUT2D eigenvalue weighted by molar-refractivity contribution is 7.99. The van der Waals surface area contributed by atoms with Crippen molar-refractivity contribution in [3.8, 4) is 0 Å². The molecule has 0 aromatic carbocycles. The van der Waals surface area contributed by atoms with Crippen LogP contribution in [0.25, 0.3) is 6.08 Å². The summed E-state index contributed by atoms with van der Waals surface area (Å²) in [6.45, 7) is 0. The van der Waals surface area contributed by atoms with Crippen LogP contribution in [-0.2, 0) is 4.79 Å². The molecule has 6 heteroatoms. The van der Waals surface area contributed by atoms with Gasteiger partial charge < -0.3 is 10.4 Å². The predicted octanol–water partition coefficient (Wildman–Crippen LogP) is 2.86. The number of hydrogen-bond acceptors (Lipinski definition) is 4. The second-order valence-electron chi connectivity index (χ2n) is 4.66. The Morgan fingerprint density at radius 3 is 3.00 bits per heavy atom. The average molecular weight is 311 g/mol. The van der Waals surface area contributed by atoms with Crippen molar-refractivity contribution < 1.29 is 14.7 Å². The number of carboxylic acids is 1. The van der Waals surface area contributed by atoms with E-state index in [1.54, 1.807) is 23.2 Å². The quantitative estimate of drug-likeness (QED) is 0.821. The van der Waals surface area contributed by atoms with Gasteiger partial charge in [0.1, 0.15) is 0 Å². The van der Waals surface area contributed by atoms with Crippen LogP contribution in [0.4, 0.5) is 0 Å². The van der Waals surface area contributed by atoms with Crippen molar-refractivity contribution in [1.29, 1.82) is 0 Å². The third kappa shape index (κ3) is 3.64. The molecule has 2 rings (SSSR count). The molecule has 1 aliphatic carbocycles. The number of aliphatic carboxylic acids is 1. The Kier molecular flexibility index (Phi) is 5.25. The molecule has 2 atom stereocenters. The third-order valence-electron chi connectivity index (χ3n) is 3.38.